The van der Waals surface area contributed by atoms with Crippen LogP contribution in [0, 0.1) is 0 Å². The summed E-state index contributed by atoms with van der Waals surface area (Å²) in [5.74, 6) is -0.0959. The molecular weight excluding hydrogens is 370 g/mol. The molecule has 3 aromatic rings. The molecule has 0 radical (unpaired) electrons. The zero-order valence-corrected chi connectivity index (χ0v) is 16.4. The van der Waals surface area contributed by atoms with Gasteiger partial charge < -0.3 is 5.32 Å². The van der Waals surface area contributed by atoms with Crippen molar-refractivity contribution in [2.45, 2.75) is 32.1 Å². The molecular formula is C23H22ClN3O. The van der Waals surface area contributed by atoms with Crippen molar-refractivity contribution in [2.75, 3.05) is 6.54 Å². The van der Waals surface area contributed by atoms with E-state index in [9.17, 15) is 4.79 Å². The summed E-state index contributed by atoms with van der Waals surface area (Å²) in [6.07, 6.45) is 11.5. The van der Waals surface area contributed by atoms with E-state index in [1.54, 1.807) is 24.5 Å². The number of nitrogens with zero attached hydrogens (tertiary/aromatic N) is 2. The van der Waals surface area contributed by atoms with Crippen LogP contribution in [0.15, 0.2) is 60.4 Å². The van der Waals surface area contributed by atoms with Gasteiger partial charge in [0.15, 0.2) is 0 Å². The number of rotatable bonds is 5. The summed E-state index contributed by atoms with van der Waals surface area (Å²) >= 11 is 6.18. The van der Waals surface area contributed by atoms with Gasteiger partial charge in [-0.25, -0.2) is 4.98 Å². The first kappa shape index (κ1) is 18.6. The van der Waals surface area contributed by atoms with Gasteiger partial charge in [-0.05, 0) is 68.5 Å². The fourth-order valence-electron chi connectivity index (χ4n) is 3.62. The molecule has 5 heteroatoms. The standard InChI is InChI=1S/C23H22ClN3O/c24-18-6-7-21-19(14-18)20(15-22(27-21)17-9-11-25-12-10-17)23(28)26-13-8-16-4-2-1-3-5-16/h4,6-7,9-12,14-15H,1-3,5,8,13H2,(H,26,28). The highest BCUT2D eigenvalue weighted by atomic mass is 35.5. The summed E-state index contributed by atoms with van der Waals surface area (Å²) < 4.78 is 0. The summed E-state index contributed by atoms with van der Waals surface area (Å²) in [7, 11) is 0. The second-order valence-electron chi connectivity index (χ2n) is 7.07. The number of hydrogen-bond donors (Lipinski definition) is 1. The number of carbonyl (C=O) groups excluding carboxylic acids is 1. The fraction of sp³-hybridized carbons (Fsp3) is 0.261. The van der Waals surface area contributed by atoms with Gasteiger partial charge in [0, 0.05) is 34.9 Å². The van der Waals surface area contributed by atoms with Gasteiger partial charge in [0.05, 0.1) is 16.8 Å². The molecule has 4 rings (SSSR count). The predicted molar refractivity (Wildman–Crippen MR) is 113 cm³/mol. The first-order valence-corrected chi connectivity index (χ1v) is 10.1. The summed E-state index contributed by atoms with van der Waals surface area (Å²) in [5.41, 5.74) is 4.47. The van der Waals surface area contributed by atoms with Crippen molar-refractivity contribution in [1.29, 1.82) is 0 Å². The van der Waals surface area contributed by atoms with Gasteiger partial charge in [-0.2, -0.15) is 0 Å². The minimum Gasteiger partial charge on any atom is -0.352 e. The van der Waals surface area contributed by atoms with Crippen LogP contribution in [-0.4, -0.2) is 22.4 Å². The molecule has 1 N–H and O–H groups in total. The molecule has 0 fully saturated rings. The molecule has 0 aliphatic heterocycles. The normalized spacial score (nSPS) is 14.0. The molecule has 0 bridgehead atoms. The highest BCUT2D eigenvalue weighted by molar-refractivity contribution is 6.31. The zero-order chi connectivity index (χ0) is 19.3. The van der Waals surface area contributed by atoms with Crippen molar-refractivity contribution in [2.24, 2.45) is 0 Å². The number of halogens is 1. The number of amides is 1. The average molecular weight is 392 g/mol. The first-order valence-electron chi connectivity index (χ1n) is 9.67. The summed E-state index contributed by atoms with van der Waals surface area (Å²) in [6.45, 7) is 0.639. The van der Waals surface area contributed by atoms with E-state index < -0.39 is 0 Å². The number of nitrogens with one attached hydrogen (secondary N) is 1. The third kappa shape index (κ3) is 4.23. The molecule has 0 saturated carbocycles. The van der Waals surface area contributed by atoms with E-state index in [1.165, 1.54) is 18.4 Å². The zero-order valence-electron chi connectivity index (χ0n) is 15.6. The molecule has 0 saturated heterocycles. The molecule has 0 atom stereocenters. The molecule has 142 valence electrons. The van der Waals surface area contributed by atoms with Crippen molar-refractivity contribution in [3.8, 4) is 11.3 Å². The monoisotopic (exact) mass is 391 g/mol. The van der Waals surface area contributed by atoms with E-state index in [2.05, 4.69) is 16.4 Å². The maximum atomic E-state index is 13.0. The Morgan fingerprint density at radius 1 is 1.11 bits per heavy atom. The molecule has 1 aliphatic rings. The lowest BCUT2D eigenvalue weighted by molar-refractivity contribution is 0.0955. The molecule has 1 aliphatic carbocycles. The Balaban J connectivity index is 1.62. The molecule has 1 amide bonds. The van der Waals surface area contributed by atoms with Gasteiger partial charge in [0.1, 0.15) is 0 Å². The van der Waals surface area contributed by atoms with Crippen LogP contribution in [0.25, 0.3) is 22.2 Å². The second-order valence-corrected chi connectivity index (χ2v) is 7.50. The number of benzene rings is 1. The van der Waals surface area contributed by atoms with Gasteiger partial charge in [-0.1, -0.05) is 23.3 Å². The van der Waals surface area contributed by atoms with Crippen LogP contribution in [0.1, 0.15) is 42.5 Å². The third-order valence-electron chi connectivity index (χ3n) is 5.11. The number of pyridine rings is 2. The summed E-state index contributed by atoms with van der Waals surface area (Å²) in [5, 5.41) is 4.43. The van der Waals surface area contributed by atoms with Gasteiger partial charge in [-0.3, -0.25) is 9.78 Å². The van der Waals surface area contributed by atoms with E-state index in [-0.39, 0.29) is 5.91 Å². The molecule has 2 aromatic heterocycles. The van der Waals surface area contributed by atoms with Gasteiger partial charge in [-0.15, -0.1) is 0 Å². The SMILES string of the molecule is O=C(NCCC1=CCCCC1)c1cc(-c2ccncc2)nc2ccc(Cl)cc12. The quantitative estimate of drug-likeness (QED) is 0.578. The van der Waals surface area contributed by atoms with Crippen LogP contribution in [-0.2, 0) is 0 Å². The lowest BCUT2D eigenvalue weighted by Gasteiger charge is -2.14. The minimum absolute atomic E-state index is 0.0959. The number of allylic oxidation sites excluding steroid dienone is 1. The smallest absolute Gasteiger partial charge is 0.252 e. The Labute approximate surface area is 169 Å². The molecule has 1 aromatic carbocycles. The largest absolute Gasteiger partial charge is 0.352 e. The van der Waals surface area contributed by atoms with Crippen LogP contribution < -0.4 is 5.32 Å². The van der Waals surface area contributed by atoms with Gasteiger partial charge >= 0.3 is 0 Å². The minimum atomic E-state index is -0.0959. The lowest BCUT2D eigenvalue weighted by Crippen LogP contribution is -2.25. The molecule has 4 nitrogen and oxygen atoms in total. The van der Waals surface area contributed by atoms with Gasteiger partial charge in [0.25, 0.3) is 5.91 Å². The van der Waals surface area contributed by atoms with E-state index >= 15 is 0 Å². The number of hydrogen-bond acceptors (Lipinski definition) is 3. The van der Waals surface area contributed by atoms with Gasteiger partial charge in [0.2, 0.25) is 0 Å². The Morgan fingerprint density at radius 2 is 1.96 bits per heavy atom. The lowest BCUT2D eigenvalue weighted by atomic mass is 9.97. The van der Waals surface area contributed by atoms with E-state index in [4.69, 9.17) is 16.6 Å². The number of carbonyl (C=O) groups is 1. The molecule has 0 unspecified atom stereocenters. The van der Waals surface area contributed by atoms with Crippen molar-refractivity contribution in [3.05, 3.63) is 71.0 Å². The first-order chi connectivity index (χ1) is 13.7. The Bertz CT molecular complexity index is 1030. The van der Waals surface area contributed by atoms with Crippen LogP contribution in [0.5, 0.6) is 0 Å². The highest BCUT2D eigenvalue weighted by Crippen LogP contribution is 2.27. The third-order valence-corrected chi connectivity index (χ3v) is 5.34. The highest BCUT2D eigenvalue weighted by Gasteiger charge is 2.15. The number of fused-ring (bicyclic) bond motifs is 1. The van der Waals surface area contributed by atoms with Crippen LogP contribution in [0.4, 0.5) is 0 Å². The Hall–Kier alpha value is -2.72. The predicted octanol–water partition coefficient (Wildman–Crippen LogP) is 5.57. The topological polar surface area (TPSA) is 54.9 Å². The number of aromatic nitrogens is 2. The maximum absolute atomic E-state index is 13.0. The van der Waals surface area contributed by atoms with Crippen LogP contribution >= 0.6 is 11.6 Å². The molecule has 28 heavy (non-hydrogen) atoms. The average Bonchev–Trinajstić information content (AvgIpc) is 2.74. The van der Waals surface area contributed by atoms with Crippen molar-refractivity contribution in [3.63, 3.8) is 0 Å². The van der Waals surface area contributed by atoms with Crippen LogP contribution in [0.3, 0.4) is 0 Å². The van der Waals surface area contributed by atoms with E-state index in [0.29, 0.717) is 17.1 Å². The molecule has 2 heterocycles. The second kappa shape index (κ2) is 8.53. The fourth-order valence-corrected chi connectivity index (χ4v) is 3.79. The van der Waals surface area contributed by atoms with Crippen molar-refractivity contribution < 1.29 is 4.79 Å². The summed E-state index contributed by atoms with van der Waals surface area (Å²) in [4.78, 5) is 21.7. The van der Waals surface area contributed by atoms with E-state index in [0.717, 1.165) is 41.4 Å². The summed E-state index contributed by atoms with van der Waals surface area (Å²) in [6, 6.07) is 11.1. The van der Waals surface area contributed by atoms with E-state index in [1.807, 2.05) is 24.3 Å². The molecule has 0 spiro atoms. The van der Waals surface area contributed by atoms with Crippen molar-refractivity contribution in [1.82, 2.24) is 15.3 Å². The van der Waals surface area contributed by atoms with Crippen molar-refractivity contribution >= 4 is 28.4 Å². The maximum Gasteiger partial charge on any atom is 0.252 e. The Kier molecular flexibility index (Phi) is 5.68. The van der Waals surface area contributed by atoms with Crippen LogP contribution in [0.2, 0.25) is 5.02 Å². The Morgan fingerprint density at radius 3 is 2.75 bits per heavy atom.